The quantitative estimate of drug-likeness (QED) is 0.418. The molecule has 1 aromatic rings. The Morgan fingerprint density at radius 1 is 1.25 bits per heavy atom. The third-order valence-corrected chi connectivity index (χ3v) is 2.34. The maximum Gasteiger partial charge on any atom is 1.00 e. The van der Waals surface area contributed by atoms with E-state index in [1.807, 2.05) is 0 Å². The van der Waals surface area contributed by atoms with Crippen LogP contribution in [-0.4, -0.2) is 24.0 Å². The average Bonchev–Trinajstić information content (AvgIpc) is 2.01. The number of carboxylic acid groups (broad SMARTS) is 1. The molecule has 0 spiro atoms. The number of aromatic carboxylic acids is 1. The first kappa shape index (κ1) is 18.8. The zero-order valence-corrected chi connectivity index (χ0v) is 13.4. The molecule has 6 nitrogen and oxygen atoms in total. The Morgan fingerprint density at radius 3 is 2.12 bits per heavy atom. The van der Waals surface area contributed by atoms with Crippen LogP contribution in [0.2, 0.25) is 0 Å². The van der Waals surface area contributed by atoms with Gasteiger partial charge >= 0.3 is 65.1 Å². The predicted molar refractivity (Wildman–Crippen MR) is 40.8 cm³/mol. The van der Waals surface area contributed by atoms with E-state index in [2.05, 4.69) is 0 Å². The van der Waals surface area contributed by atoms with Crippen molar-refractivity contribution in [1.82, 2.24) is 0 Å². The van der Waals surface area contributed by atoms with Crippen LogP contribution in [0.3, 0.4) is 0 Å². The molecule has 0 radical (unpaired) electrons. The molecule has 16 heavy (non-hydrogen) atoms. The molecule has 0 aromatic heterocycles. The first-order valence-corrected chi connectivity index (χ1v) is 4.74. The van der Waals surface area contributed by atoms with E-state index in [1.165, 1.54) is 0 Å². The Hall–Kier alpha value is 0.400. The summed E-state index contributed by atoms with van der Waals surface area (Å²) in [7, 11) is -4.92. The topological polar surface area (TPSA) is 118 Å². The minimum Gasteiger partial charge on any atom is -0.871 e. The molecule has 1 N–H and O–H groups in total. The van der Waals surface area contributed by atoms with Crippen LogP contribution in [0.15, 0.2) is 23.1 Å². The average molecular weight is 262 g/mol. The standard InChI is InChI=1S/C7H6O6S.2Na/c8-6-4(7(9)10)2-1-3-5(6)14(11,12)13;;/h1-3,8H,(H,9,10)(H,11,12,13);;/q;2*+1/p-2. The van der Waals surface area contributed by atoms with Crippen molar-refractivity contribution < 1.29 is 87.1 Å². The van der Waals surface area contributed by atoms with Gasteiger partial charge in [0.05, 0.1) is 5.56 Å². The van der Waals surface area contributed by atoms with E-state index in [0.29, 0.717) is 0 Å². The molecule has 0 unspecified atom stereocenters. The summed E-state index contributed by atoms with van der Waals surface area (Å²) in [6, 6.07) is 2.73. The van der Waals surface area contributed by atoms with Crippen molar-refractivity contribution in [3.63, 3.8) is 0 Å². The van der Waals surface area contributed by atoms with Gasteiger partial charge in [-0.2, -0.15) is 0 Å². The smallest absolute Gasteiger partial charge is 0.871 e. The van der Waals surface area contributed by atoms with Crippen molar-refractivity contribution in [3.8, 4) is 5.75 Å². The van der Waals surface area contributed by atoms with Crippen molar-refractivity contribution in [2.75, 3.05) is 0 Å². The predicted octanol–water partition coefficient (Wildman–Crippen LogP) is -6.63. The van der Waals surface area contributed by atoms with Crippen LogP contribution in [0, 0.1) is 0 Å². The second-order valence-corrected chi connectivity index (χ2v) is 3.74. The largest absolute Gasteiger partial charge is 1.00 e. The van der Waals surface area contributed by atoms with E-state index >= 15 is 0 Å². The van der Waals surface area contributed by atoms with Crippen molar-refractivity contribution in [2.45, 2.75) is 4.90 Å². The molecule has 0 aliphatic heterocycles. The molecule has 0 aliphatic rings. The van der Waals surface area contributed by atoms with Crippen LogP contribution in [0.4, 0.5) is 0 Å². The van der Waals surface area contributed by atoms with E-state index in [-0.39, 0.29) is 59.1 Å². The van der Waals surface area contributed by atoms with E-state index in [9.17, 15) is 22.9 Å². The molecule has 0 atom stereocenters. The molecule has 0 fully saturated rings. The van der Waals surface area contributed by atoms with Crippen LogP contribution >= 0.6 is 0 Å². The van der Waals surface area contributed by atoms with Gasteiger partial charge in [-0.3, -0.25) is 0 Å². The maximum atomic E-state index is 11.1. The Bertz CT molecular complexity index is 484. The van der Waals surface area contributed by atoms with Gasteiger partial charge in [-0.25, -0.2) is 13.2 Å². The number of benzene rings is 1. The van der Waals surface area contributed by atoms with Crippen LogP contribution in [0.5, 0.6) is 5.75 Å². The minimum absolute atomic E-state index is 0. The fourth-order valence-electron chi connectivity index (χ4n) is 0.881. The first-order chi connectivity index (χ1) is 6.34. The Morgan fingerprint density at radius 2 is 1.75 bits per heavy atom. The van der Waals surface area contributed by atoms with Gasteiger partial charge < -0.3 is 14.8 Å². The number of rotatable bonds is 2. The molecule has 0 saturated heterocycles. The van der Waals surface area contributed by atoms with Crippen molar-refractivity contribution in [1.29, 1.82) is 0 Å². The zero-order valence-electron chi connectivity index (χ0n) is 8.63. The normalized spacial score (nSPS) is 9.81. The SMILES string of the molecule is O=C(O)c1cccc(S(=O)(=O)[O-])c1[O-].[Na+].[Na+]. The summed E-state index contributed by atoms with van der Waals surface area (Å²) < 4.78 is 31.4. The molecular weight excluding hydrogens is 258 g/mol. The third kappa shape index (κ3) is 4.34. The van der Waals surface area contributed by atoms with Gasteiger partial charge in [0, 0.05) is 4.90 Å². The first-order valence-electron chi connectivity index (χ1n) is 3.33. The molecular formula is C7H4Na2O6S. The number of hydrogen-bond acceptors (Lipinski definition) is 5. The number of hydrogen-bond donors (Lipinski definition) is 1. The van der Waals surface area contributed by atoms with Gasteiger partial charge in [-0.1, -0.05) is 11.8 Å². The molecule has 1 rings (SSSR count). The Kier molecular flexibility index (Phi) is 8.17. The van der Waals surface area contributed by atoms with Gasteiger partial charge in [0.15, 0.2) is 0 Å². The molecule has 0 saturated carbocycles. The van der Waals surface area contributed by atoms with Crippen LogP contribution in [0.1, 0.15) is 10.4 Å². The summed E-state index contributed by atoms with van der Waals surface area (Å²) in [5.74, 6) is -2.85. The number of carbonyl (C=O) groups is 1. The van der Waals surface area contributed by atoms with Gasteiger partial charge in [0.1, 0.15) is 10.1 Å². The van der Waals surface area contributed by atoms with Gasteiger partial charge in [-0.15, -0.1) is 0 Å². The molecule has 0 amide bonds. The van der Waals surface area contributed by atoms with E-state index in [1.54, 1.807) is 0 Å². The second kappa shape index (κ2) is 6.97. The second-order valence-electron chi connectivity index (χ2n) is 2.39. The summed E-state index contributed by atoms with van der Waals surface area (Å²) in [6.07, 6.45) is 0. The Balaban J connectivity index is 0. The molecule has 0 bridgehead atoms. The van der Waals surface area contributed by atoms with Gasteiger partial charge in [-0.05, 0) is 12.1 Å². The molecule has 0 aliphatic carbocycles. The van der Waals surface area contributed by atoms with Crippen molar-refractivity contribution in [2.24, 2.45) is 0 Å². The van der Waals surface area contributed by atoms with Gasteiger partial charge in [0.2, 0.25) is 0 Å². The monoisotopic (exact) mass is 262 g/mol. The van der Waals surface area contributed by atoms with Crippen LogP contribution in [0.25, 0.3) is 0 Å². The molecule has 1 aromatic carbocycles. The third-order valence-electron chi connectivity index (χ3n) is 1.48. The zero-order chi connectivity index (χ0) is 10.9. The van der Waals surface area contributed by atoms with E-state index in [4.69, 9.17) is 5.11 Å². The molecule has 9 heteroatoms. The number of para-hydroxylation sites is 1. The summed E-state index contributed by atoms with van der Waals surface area (Å²) in [6.45, 7) is 0. The Labute approximate surface area is 136 Å². The molecule has 0 heterocycles. The van der Waals surface area contributed by atoms with E-state index < -0.39 is 32.3 Å². The fraction of sp³-hybridized carbons (Fsp3) is 0. The maximum absolute atomic E-state index is 11.1. The minimum atomic E-state index is -4.92. The van der Waals surface area contributed by atoms with Gasteiger partial charge in [0.25, 0.3) is 0 Å². The summed E-state index contributed by atoms with van der Waals surface area (Å²) in [5, 5.41) is 19.6. The number of carboxylic acids is 1. The summed E-state index contributed by atoms with van der Waals surface area (Å²) >= 11 is 0. The summed E-state index contributed by atoms with van der Waals surface area (Å²) in [4.78, 5) is 9.36. The van der Waals surface area contributed by atoms with Crippen molar-refractivity contribution in [3.05, 3.63) is 23.8 Å². The molecule has 76 valence electrons. The van der Waals surface area contributed by atoms with Crippen LogP contribution < -0.4 is 64.2 Å². The van der Waals surface area contributed by atoms with Crippen molar-refractivity contribution >= 4 is 16.1 Å². The fourth-order valence-corrected chi connectivity index (χ4v) is 1.46. The summed E-state index contributed by atoms with van der Waals surface area (Å²) in [5.41, 5.74) is -0.734. The van der Waals surface area contributed by atoms with E-state index in [0.717, 1.165) is 18.2 Å². The van der Waals surface area contributed by atoms with Crippen LogP contribution in [-0.2, 0) is 10.1 Å².